The van der Waals surface area contributed by atoms with E-state index >= 15 is 0 Å². The van der Waals surface area contributed by atoms with E-state index in [9.17, 15) is 4.79 Å². The van der Waals surface area contributed by atoms with E-state index in [0.29, 0.717) is 29.6 Å². The molecule has 0 bridgehead atoms. The van der Waals surface area contributed by atoms with Gasteiger partial charge in [0.05, 0.1) is 23.9 Å². The van der Waals surface area contributed by atoms with Gasteiger partial charge < -0.3 is 9.64 Å². The first-order valence-corrected chi connectivity index (χ1v) is 9.62. The van der Waals surface area contributed by atoms with Crippen molar-refractivity contribution in [2.24, 2.45) is 0 Å². The lowest BCUT2D eigenvalue weighted by molar-refractivity contribution is 0.0954. The van der Waals surface area contributed by atoms with Crippen LogP contribution >= 0.6 is 11.6 Å². The molecule has 1 amide bonds. The Kier molecular flexibility index (Phi) is 4.81. The van der Waals surface area contributed by atoms with Crippen LogP contribution in [0.25, 0.3) is 11.1 Å². The fraction of sp³-hybridized carbons (Fsp3) is 0.286. The second-order valence-electron chi connectivity index (χ2n) is 6.85. The number of nitrogens with zero attached hydrogens (tertiary/aromatic N) is 4. The van der Waals surface area contributed by atoms with Crippen molar-refractivity contribution in [2.45, 2.75) is 26.8 Å². The minimum Gasteiger partial charge on any atom is -0.492 e. The summed E-state index contributed by atoms with van der Waals surface area (Å²) in [5, 5.41) is 5.02. The van der Waals surface area contributed by atoms with Gasteiger partial charge in [-0.25, -0.2) is 0 Å². The molecule has 1 atom stereocenters. The summed E-state index contributed by atoms with van der Waals surface area (Å²) in [5.74, 6) is 0.482. The molecule has 0 N–H and O–H groups in total. The van der Waals surface area contributed by atoms with Gasteiger partial charge in [0.25, 0.3) is 5.91 Å². The molecule has 3 heterocycles. The maximum atomic E-state index is 13.4. The molecular weight excluding hydrogens is 376 g/mol. The quantitative estimate of drug-likeness (QED) is 0.650. The van der Waals surface area contributed by atoms with Crippen molar-refractivity contribution in [1.29, 1.82) is 0 Å². The van der Waals surface area contributed by atoms with Crippen LogP contribution in [0.4, 0.5) is 5.69 Å². The predicted octanol–water partition coefficient (Wildman–Crippen LogP) is 4.53. The van der Waals surface area contributed by atoms with Crippen molar-refractivity contribution >= 4 is 23.2 Å². The highest BCUT2D eigenvalue weighted by molar-refractivity contribution is 6.32. The Morgan fingerprint density at radius 1 is 1.29 bits per heavy atom. The molecule has 1 aliphatic rings. The summed E-state index contributed by atoms with van der Waals surface area (Å²) < 4.78 is 7.41. The van der Waals surface area contributed by atoms with Gasteiger partial charge in [0.1, 0.15) is 11.4 Å². The van der Waals surface area contributed by atoms with Crippen LogP contribution in [0.15, 0.2) is 42.7 Å². The summed E-state index contributed by atoms with van der Waals surface area (Å²) in [6, 6.07) is 9.33. The lowest BCUT2D eigenvalue weighted by Gasteiger charge is -2.32. The van der Waals surface area contributed by atoms with Gasteiger partial charge in [-0.05, 0) is 50.6 Å². The number of hydrogen-bond donors (Lipinski definition) is 0. The molecule has 0 radical (unpaired) electrons. The molecular formula is C21H21ClN4O2. The van der Waals surface area contributed by atoms with E-state index < -0.39 is 0 Å². The van der Waals surface area contributed by atoms with Crippen molar-refractivity contribution in [2.75, 3.05) is 18.1 Å². The van der Waals surface area contributed by atoms with Crippen LogP contribution < -0.4 is 9.64 Å². The number of hydrogen-bond acceptors (Lipinski definition) is 4. The van der Waals surface area contributed by atoms with Crippen LogP contribution in [0.3, 0.4) is 0 Å². The highest BCUT2D eigenvalue weighted by Gasteiger charge is 2.34. The Morgan fingerprint density at radius 3 is 2.86 bits per heavy atom. The molecule has 0 saturated carbocycles. The first kappa shape index (κ1) is 18.5. The van der Waals surface area contributed by atoms with Gasteiger partial charge in [0.15, 0.2) is 0 Å². The molecule has 144 valence electrons. The third-order valence-corrected chi connectivity index (χ3v) is 5.15. The highest BCUT2D eigenvalue weighted by atomic mass is 35.5. The van der Waals surface area contributed by atoms with Crippen molar-refractivity contribution < 1.29 is 9.53 Å². The van der Waals surface area contributed by atoms with E-state index in [1.54, 1.807) is 23.4 Å². The van der Waals surface area contributed by atoms with Gasteiger partial charge in [-0.15, -0.1) is 0 Å². The number of aromatic nitrogens is 3. The smallest absolute Gasteiger partial charge is 0.277 e. The van der Waals surface area contributed by atoms with Crippen molar-refractivity contribution in [1.82, 2.24) is 14.8 Å². The van der Waals surface area contributed by atoms with Gasteiger partial charge in [0.2, 0.25) is 0 Å². The van der Waals surface area contributed by atoms with Crippen molar-refractivity contribution in [3.63, 3.8) is 0 Å². The molecule has 0 aliphatic carbocycles. The van der Waals surface area contributed by atoms with Crippen LogP contribution in [-0.4, -0.2) is 33.8 Å². The second-order valence-corrected chi connectivity index (χ2v) is 7.26. The number of aryl methyl sites for hydroxylation is 1. The molecule has 0 unspecified atom stereocenters. The fourth-order valence-electron chi connectivity index (χ4n) is 3.53. The third kappa shape index (κ3) is 3.14. The van der Waals surface area contributed by atoms with Gasteiger partial charge in [-0.2, -0.15) is 5.10 Å². The number of rotatable bonds is 4. The van der Waals surface area contributed by atoms with Crippen LogP contribution in [0.2, 0.25) is 5.02 Å². The Bertz CT molecular complexity index is 1050. The lowest BCUT2D eigenvalue weighted by Crippen LogP contribution is -2.42. The molecule has 1 aromatic carbocycles. The summed E-state index contributed by atoms with van der Waals surface area (Å²) in [7, 11) is 0. The van der Waals surface area contributed by atoms with Crippen molar-refractivity contribution in [3.8, 4) is 16.9 Å². The SMILES string of the molecule is CCOc1cc(N2C[C@H](C)n3ncc(-c4ccnc(C)c4)c3C2=O)ccc1Cl. The molecule has 0 spiro atoms. The minimum atomic E-state index is -0.0927. The van der Waals surface area contributed by atoms with E-state index in [-0.39, 0.29) is 11.9 Å². The number of pyridine rings is 1. The number of benzene rings is 1. The number of anilines is 1. The largest absolute Gasteiger partial charge is 0.492 e. The highest BCUT2D eigenvalue weighted by Crippen LogP contribution is 2.35. The van der Waals surface area contributed by atoms with Gasteiger partial charge in [-0.3, -0.25) is 14.5 Å². The maximum absolute atomic E-state index is 13.4. The van der Waals surface area contributed by atoms with E-state index in [1.807, 2.05) is 42.8 Å². The zero-order valence-electron chi connectivity index (χ0n) is 16.0. The molecule has 1 aliphatic heterocycles. The number of ether oxygens (including phenoxy) is 1. The standard InChI is InChI=1S/C21H21ClN4O2/c1-4-28-19-10-16(5-6-18(19)22)25-12-14(3)26-20(21(25)27)17(11-24-26)15-7-8-23-13(2)9-15/h5-11,14H,4,12H2,1-3H3/t14-/m0/s1. The van der Waals surface area contributed by atoms with Crippen LogP contribution in [0.1, 0.15) is 36.1 Å². The minimum absolute atomic E-state index is 0.0376. The molecule has 0 fully saturated rings. The molecule has 6 nitrogen and oxygen atoms in total. The van der Waals surface area contributed by atoms with Crippen LogP contribution in [0, 0.1) is 6.92 Å². The Labute approximate surface area is 168 Å². The Hall–Kier alpha value is -2.86. The van der Waals surface area contributed by atoms with Crippen LogP contribution in [0.5, 0.6) is 5.75 Å². The summed E-state index contributed by atoms with van der Waals surface area (Å²) in [6.45, 7) is 6.91. The lowest BCUT2D eigenvalue weighted by atomic mass is 10.0. The van der Waals surface area contributed by atoms with E-state index in [2.05, 4.69) is 17.0 Å². The normalized spacial score (nSPS) is 16.2. The molecule has 4 rings (SSSR count). The summed E-state index contributed by atoms with van der Waals surface area (Å²) in [4.78, 5) is 19.4. The monoisotopic (exact) mass is 396 g/mol. The average Bonchev–Trinajstić information content (AvgIpc) is 3.13. The zero-order chi connectivity index (χ0) is 19.8. The van der Waals surface area contributed by atoms with Gasteiger partial charge in [0, 0.05) is 35.8 Å². The molecule has 0 saturated heterocycles. The number of amides is 1. The van der Waals surface area contributed by atoms with Crippen molar-refractivity contribution in [3.05, 3.63) is 59.1 Å². The topological polar surface area (TPSA) is 60.2 Å². The van der Waals surface area contributed by atoms with Crippen LogP contribution in [-0.2, 0) is 0 Å². The molecule has 7 heteroatoms. The molecule has 3 aromatic rings. The maximum Gasteiger partial charge on any atom is 0.277 e. The second kappa shape index (κ2) is 7.28. The number of fused-ring (bicyclic) bond motifs is 1. The van der Waals surface area contributed by atoms with E-state index in [4.69, 9.17) is 16.3 Å². The Balaban J connectivity index is 1.78. The Morgan fingerprint density at radius 2 is 2.11 bits per heavy atom. The fourth-order valence-corrected chi connectivity index (χ4v) is 3.71. The van der Waals surface area contributed by atoms with E-state index in [0.717, 1.165) is 22.5 Å². The van der Waals surface area contributed by atoms with E-state index in [1.165, 1.54) is 0 Å². The zero-order valence-corrected chi connectivity index (χ0v) is 16.8. The van der Waals surface area contributed by atoms with Gasteiger partial charge >= 0.3 is 0 Å². The summed E-state index contributed by atoms with van der Waals surface area (Å²) in [5.41, 5.74) is 3.98. The summed E-state index contributed by atoms with van der Waals surface area (Å²) in [6.07, 6.45) is 3.51. The number of carbonyl (C=O) groups excluding carboxylic acids is 1. The average molecular weight is 397 g/mol. The first-order valence-electron chi connectivity index (χ1n) is 9.24. The summed E-state index contributed by atoms with van der Waals surface area (Å²) >= 11 is 6.21. The molecule has 2 aromatic heterocycles. The number of carbonyl (C=O) groups is 1. The van der Waals surface area contributed by atoms with Gasteiger partial charge in [-0.1, -0.05) is 11.6 Å². The number of halogens is 1. The third-order valence-electron chi connectivity index (χ3n) is 4.84. The molecule has 28 heavy (non-hydrogen) atoms. The predicted molar refractivity (Wildman–Crippen MR) is 109 cm³/mol. The first-order chi connectivity index (χ1) is 13.5.